The number of hydrogen-bond donors (Lipinski definition) is 1. The molecule has 0 aliphatic rings. The minimum Gasteiger partial charge on any atom is -0.475 e. The second-order valence-electron chi connectivity index (χ2n) is 6.64. The van der Waals surface area contributed by atoms with Crippen molar-refractivity contribution in [2.75, 3.05) is 13.2 Å². The summed E-state index contributed by atoms with van der Waals surface area (Å²) < 4.78 is 7.24. The molecule has 1 N–H and O–H groups in total. The number of carbonyl (C=O) groups is 1. The summed E-state index contributed by atoms with van der Waals surface area (Å²) in [5.41, 5.74) is 1.94. The first-order valence-electron chi connectivity index (χ1n) is 9.47. The highest BCUT2D eigenvalue weighted by Gasteiger charge is 2.17. The third kappa shape index (κ3) is 4.17. The van der Waals surface area contributed by atoms with Crippen LogP contribution in [0, 0.1) is 17.0 Å². The van der Waals surface area contributed by atoms with E-state index in [0.29, 0.717) is 22.9 Å². The van der Waals surface area contributed by atoms with E-state index >= 15 is 0 Å². The van der Waals surface area contributed by atoms with Crippen LogP contribution in [0.4, 0.5) is 5.69 Å². The fourth-order valence-corrected chi connectivity index (χ4v) is 3.10. The van der Waals surface area contributed by atoms with Crippen LogP contribution in [0.25, 0.3) is 17.0 Å². The predicted octanol–water partition coefficient (Wildman–Crippen LogP) is 2.82. The summed E-state index contributed by atoms with van der Waals surface area (Å²) >= 11 is 0. The summed E-state index contributed by atoms with van der Waals surface area (Å²) in [5.74, 6) is 0.541. The van der Waals surface area contributed by atoms with Gasteiger partial charge in [-0.2, -0.15) is 4.52 Å². The van der Waals surface area contributed by atoms with E-state index in [1.54, 1.807) is 29.6 Å². The van der Waals surface area contributed by atoms with Crippen molar-refractivity contribution in [1.82, 2.24) is 25.1 Å². The number of nitrogens with one attached hydrogen (secondary N) is 1. The van der Waals surface area contributed by atoms with Gasteiger partial charge in [-0.25, -0.2) is 0 Å². The first-order chi connectivity index (χ1) is 15.0. The van der Waals surface area contributed by atoms with Crippen molar-refractivity contribution >= 4 is 17.2 Å². The van der Waals surface area contributed by atoms with Gasteiger partial charge in [-0.15, -0.1) is 15.3 Å². The van der Waals surface area contributed by atoms with E-state index < -0.39 is 10.8 Å². The molecule has 31 heavy (non-hydrogen) atoms. The molecule has 10 nitrogen and oxygen atoms in total. The normalized spacial score (nSPS) is 10.7. The molecule has 0 saturated heterocycles. The van der Waals surface area contributed by atoms with Crippen LogP contribution < -0.4 is 10.1 Å². The molecule has 0 unspecified atom stereocenters. The molecule has 0 saturated carbocycles. The van der Waals surface area contributed by atoms with Gasteiger partial charge in [0, 0.05) is 28.8 Å². The maximum Gasteiger partial charge on any atom is 0.273 e. The molecule has 2 heterocycles. The molecule has 0 aliphatic heterocycles. The van der Waals surface area contributed by atoms with Crippen molar-refractivity contribution in [3.63, 3.8) is 0 Å². The minimum atomic E-state index is -0.508. The van der Waals surface area contributed by atoms with Crippen LogP contribution in [0.2, 0.25) is 0 Å². The van der Waals surface area contributed by atoms with Crippen molar-refractivity contribution in [2.45, 2.75) is 6.92 Å². The minimum absolute atomic E-state index is 0.0930. The number of hydrogen-bond acceptors (Lipinski definition) is 7. The Hall–Kier alpha value is -4.34. The number of nitrogens with zero attached hydrogens (tertiary/aromatic N) is 5. The molecule has 2 aromatic carbocycles. The molecular weight excluding hydrogens is 400 g/mol. The molecular formula is C21H18N6O4. The van der Waals surface area contributed by atoms with E-state index in [1.165, 1.54) is 12.1 Å². The van der Waals surface area contributed by atoms with Crippen LogP contribution in [0.5, 0.6) is 5.88 Å². The van der Waals surface area contributed by atoms with E-state index in [-0.39, 0.29) is 24.4 Å². The summed E-state index contributed by atoms with van der Waals surface area (Å²) in [4.78, 5) is 22.9. The Morgan fingerprint density at radius 1 is 1.10 bits per heavy atom. The number of nitro groups is 1. The highest BCUT2D eigenvalue weighted by molar-refractivity contribution is 5.96. The summed E-state index contributed by atoms with van der Waals surface area (Å²) in [7, 11) is 0. The fourth-order valence-electron chi connectivity index (χ4n) is 3.10. The monoisotopic (exact) mass is 418 g/mol. The molecule has 0 aliphatic carbocycles. The van der Waals surface area contributed by atoms with E-state index in [0.717, 1.165) is 5.56 Å². The average Bonchev–Trinajstić information content (AvgIpc) is 3.20. The van der Waals surface area contributed by atoms with Gasteiger partial charge in [-0.05, 0) is 19.1 Å². The zero-order valence-electron chi connectivity index (χ0n) is 16.6. The number of nitro benzene ring substituents is 1. The molecule has 0 radical (unpaired) electrons. The van der Waals surface area contributed by atoms with Crippen molar-refractivity contribution < 1.29 is 14.5 Å². The first kappa shape index (κ1) is 20.0. The van der Waals surface area contributed by atoms with Gasteiger partial charge in [0.2, 0.25) is 5.88 Å². The summed E-state index contributed by atoms with van der Waals surface area (Å²) in [6.45, 7) is 1.92. The standard InChI is InChI=1S/C21H18N6O4/c1-14-16(8-5-9-17(14)27(29)30)21(28)22-12-13-31-19-11-10-18-23-24-20(26(18)25-19)15-6-3-2-4-7-15/h2-11H,12-13H2,1H3,(H,22,28). The number of rotatable bonds is 7. The Balaban J connectivity index is 1.40. The predicted molar refractivity (Wildman–Crippen MR) is 112 cm³/mol. The maximum absolute atomic E-state index is 12.4. The van der Waals surface area contributed by atoms with E-state index in [1.807, 2.05) is 30.3 Å². The van der Waals surface area contributed by atoms with Gasteiger partial charge < -0.3 is 10.1 Å². The Morgan fingerprint density at radius 3 is 2.68 bits per heavy atom. The largest absolute Gasteiger partial charge is 0.475 e. The zero-order valence-corrected chi connectivity index (χ0v) is 16.6. The lowest BCUT2D eigenvalue weighted by Crippen LogP contribution is -2.29. The molecule has 0 bridgehead atoms. The lowest BCUT2D eigenvalue weighted by Gasteiger charge is -2.09. The van der Waals surface area contributed by atoms with Crippen molar-refractivity contribution in [3.05, 3.63) is 81.9 Å². The van der Waals surface area contributed by atoms with Gasteiger partial charge in [0.25, 0.3) is 11.6 Å². The third-order valence-corrected chi connectivity index (χ3v) is 4.65. The van der Waals surface area contributed by atoms with Gasteiger partial charge >= 0.3 is 0 Å². The smallest absolute Gasteiger partial charge is 0.273 e. The topological polar surface area (TPSA) is 125 Å². The fraction of sp³-hybridized carbons (Fsp3) is 0.143. The number of fused-ring (bicyclic) bond motifs is 1. The second kappa shape index (κ2) is 8.57. The van der Waals surface area contributed by atoms with E-state index in [9.17, 15) is 14.9 Å². The highest BCUT2D eigenvalue weighted by Crippen LogP contribution is 2.21. The van der Waals surface area contributed by atoms with Crippen LogP contribution in [-0.2, 0) is 0 Å². The van der Waals surface area contributed by atoms with Crippen LogP contribution in [0.3, 0.4) is 0 Å². The molecule has 4 rings (SSSR count). The second-order valence-corrected chi connectivity index (χ2v) is 6.64. The van der Waals surface area contributed by atoms with Gasteiger partial charge in [0.15, 0.2) is 11.5 Å². The van der Waals surface area contributed by atoms with E-state index in [2.05, 4.69) is 20.6 Å². The summed E-state index contributed by atoms with van der Waals surface area (Å²) in [5, 5.41) is 26.4. The van der Waals surface area contributed by atoms with Gasteiger partial charge in [0.05, 0.1) is 11.5 Å². The van der Waals surface area contributed by atoms with Gasteiger partial charge in [-0.1, -0.05) is 36.4 Å². The Kier molecular flexibility index (Phi) is 5.52. The van der Waals surface area contributed by atoms with Crippen LogP contribution >= 0.6 is 0 Å². The first-order valence-corrected chi connectivity index (χ1v) is 9.47. The zero-order chi connectivity index (χ0) is 21.8. The summed E-state index contributed by atoms with van der Waals surface area (Å²) in [6, 6.07) is 17.4. The molecule has 1 amide bonds. The SMILES string of the molecule is Cc1c(C(=O)NCCOc2ccc3nnc(-c4ccccc4)n3n2)cccc1[N+](=O)[O-]. The Bertz CT molecular complexity index is 1260. The maximum atomic E-state index is 12.4. The number of aromatic nitrogens is 4. The molecule has 0 atom stereocenters. The molecule has 2 aromatic heterocycles. The lowest BCUT2D eigenvalue weighted by molar-refractivity contribution is -0.385. The summed E-state index contributed by atoms with van der Waals surface area (Å²) in [6.07, 6.45) is 0. The van der Waals surface area contributed by atoms with Crippen molar-refractivity contribution in [3.8, 4) is 17.3 Å². The van der Waals surface area contributed by atoms with Crippen LogP contribution in [0.15, 0.2) is 60.7 Å². The number of amides is 1. The quantitative estimate of drug-likeness (QED) is 0.278. The van der Waals surface area contributed by atoms with Gasteiger partial charge in [0.1, 0.15) is 6.61 Å². The number of carbonyl (C=O) groups excluding carboxylic acids is 1. The molecule has 0 fully saturated rings. The number of ether oxygens (including phenoxy) is 1. The molecule has 156 valence electrons. The van der Waals surface area contributed by atoms with Crippen LogP contribution in [0.1, 0.15) is 15.9 Å². The molecule has 10 heteroatoms. The number of benzene rings is 2. The van der Waals surface area contributed by atoms with E-state index in [4.69, 9.17) is 4.74 Å². The van der Waals surface area contributed by atoms with Crippen molar-refractivity contribution in [2.24, 2.45) is 0 Å². The van der Waals surface area contributed by atoms with Crippen LogP contribution in [-0.4, -0.2) is 43.8 Å². The average molecular weight is 418 g/mol. The van der Waals surface area contributed by atoms with Crippen molar-refractivity contribution in [1.29, 1.82) is 0 Å². The third-order valence-electron chi connectivity index (χ3n) is 4.65. The molecule has 4 aromatic rings. The Labute approximate surface area is 176 Å². The molecule has 0 spiro atoms. The Morgan fingerprint density at radius 2 is 1.90 bits per heavy atom. The van der Waals surface area contributed by atoms with Gasteiger partial charge in [-0.3, -0.25) is 14.9 Å². The highest BCUT2D eigenvalue weighted by atomic mass is 16.6. The lowest BCUT2D eigenvalue weighted by atomic mass is 10.1.